The van der Waals surface area contributed by atoms with E-state index in [0.717, 1.165) is 4.88 Å². The first-order valence-electron chi connectivity index (χ1n) is 9.01. The van der Waals surface area contributed by atoms with E-state index in [-0.39, 0.29) is 21.4 Å². The number of rotatable bonds is 6. The molecule has 9 heteroatoms. The maximum absolute atomic E-state index is 13.9. The highest BCUT2D eigenvalue weighted by Gasteiger charge is 2.21. The molecule has 156 valence electrons. The normalized spacial score (nSPS) is 11.8. The van der Waals surface area contributed by atoms with Gasteiger partial charge in [-0.3, -0.25) is 9.59 Å². The smallest absolute Gasteiger partial charge is 0.253 e. The highest BCUT2D eigenvalue weighted by molar-refractivity contribution is 7.15. The number of nitrogens with zero attached hydrogens (tertiary/aromatic N) is 1. The van der Waals surface area contributed by atoms with E-state index in [0.29, 0.717) is 22.8 Å². The van der Waals surface area contributed by atoms with Crippen LogP contribution in [0.25, 0.3) is 0 Å². The summed E-state index contributed by atoms with van der Waals surface area (Å²) < 4.78 is 13.9. The van der Waals surface area contributed by atoms with Gasteiger partial charge in [-0.25, -0.2) is 9.37 Å². The van der Waals surface area contributed by atoms with Crippen LogP contribution in [0, 0.1) is 12.7 Å². The van der Waals surface area contributed by atoms with E-state index < -0.39 is 17.9 Å². The summed E-state index contributed by atoms with van der Waals surface area (Å²) in [6, 6.07) is 10.4. The molecular formula is C21H18Cl2FN3O2S. The highest BCUT2D eigenvalue weighted by Crippen LogP contribution is 2.27. The minimum Gasteiger partial charge on any atom is -0.340 e. The number of thiazole rings is 1. The number of hydrogen-bond acceptors (Lipinski definition) is 4. The van der Waals surface area contributed by atoms with E-state index in [2.05, 4.69) is 15.6 Å². The molecule has 0 bridgehead atoms. The lowest BCUT2D eigenvalue weighted by atomic mass is 10.1. The Bertz CT molecular complexity index is 1100. The van der Waals surface area contributed by atoms with E-state index >= 15 is 0 Å². The molecule has 30 heavy (non-hydrogen) atoms. The number of aryl methyl sites for hydroxylation is 1. The molecule has 0 aliphatic rings. The van der Waals surface area contributed by atoms with E-state index in [1.54, 1.807) is 44.2 Å². The van der Waals surface area contributed by atoms with Gasteiger partial charge in [0.15, 0.2) is 5.13 Å². The summed E-state index contributed by atoms with van der Waals surface area (Å²) in [4.78, 5) is 30.1. The van der Waals surface area contributed by atoms with Gasteiger partial charge in [-0.2, -0.15) is 0 Å². The van der Waals surface area contributed by atoms with Gasteiger partial charge in [0, 0.05) is 11.3 Å². The Morgan fingerprint density at radius 2 is 1.90 bits per heavy atom. The van der Waals surface area contributed by atoms with Crippen LogP contribution >= 0.6 is 34.5 Å². The second-order valence-corrected chi connectivity index (χ2v) is 8.45. The van der Waals surface area contributed by atoms with Crippen LogP contribution < -0.4 is 10.6 Å². The van der Waals surface area contributed by atoms with Crippen molar-refractivity contribution in [3.8, 4) is 0 Å². The number of halogens is 3. The zero-order valence-corrected chi connectivity index (χ0v) is 18.5. The highest BCUT2D eigenvalue weighted by atomic mass is 35.5. The molecule has 1 atom stereocenters. The molecule has 0 saturated carbocycles. The van der Waals surface area contributed by atoms with Gasteiger partial charge in [-0.15, -0.1) is 11.3 Å². The zero-order chi connectivity index (χ0) is 21.8. The van der Waals surface area contributed by atoms with Crippen molar-refractivity contribution in [1.29, 1.82) is 0 Å². The Balaban J connectivity index is 1.65. The first-order chi connectivity index (χ1) is 14.3. The first-order valence-corrected chi connectivity index (χ1v) is 10.6. The first kappa shape index (κ1) is 22.2. The van der Waals surface area contributed by atoms with Crippen molar-refractivity contribution in [1.82, 2.24) is 10.3 Å². The standard InChI is InChI=1S/C21H18Cl2FN3O2S/c1-11-17(10-13-6-3-4-9-16(13)24)30-21(26-11)27-19(28)12(2)25-20(29)14-7-5-8-15(22)18(14)23/h3-9,12H,10H2,1-2H3,(H,25,29)(H,26,27,28). The van der Waals surface area contributed by atoms with E-state index in [1.807, 2.05) is 0 Å². The summed E-state index contributed by atoms with van der Waals surface area (Å²) in [6.45, 7) is 3.35. The topological polar surface area (TPSA) is 71.1 Å². The average Bonchev–Trinajstić information content (AvgIpc) is 3.04. The molecule has 1 aromatic heterocycles. The number of anilines is 1. The second kappa shape index (κ2) is 9.55. The fourth-order valence-corrected chi connectivity index (χ4v) is 4.07. The second-order valence-electron chi connectivity index (χ2n) is 6.58. The number of aromatic nitrogens is 1. The Labute approximate surface area is 187 Å². The van der Waals surface area contributed by atoms with Gasteiger partial charge >= 0.3 is 0 Å². The summed E-state index contributed by atoms with van der Waals surface area (Å²) in [5.41, 5.74) is 1.45. The third-order valence-electron chi connectivity index (χ3n) is 4.37. The largest absolute Gasteiger partial charge is 0.340 e. The minimum absolute atomic E-state index is 0.123. The molecule has 0 spiro atoms. The van der Waals surface area contributed by atoms with Gasteiger partial charge in [0.1, 0.15) is 11.9 Å². The monoisotopic (exact) mass is 465 g/mol. The van der Waals surface area contributed by atoms with Gasteiger partial charge in [-0.1, -0.05) is 47.5 Å². The fourth-order valence-electron chi connectivity index (χ4n) is 2.69. The van der Waals surface area contributed by atoms with Crippen molar-refractivity contribution >= 4 is 51.5 Å². The molecule has 0 fully saturated rings. The summed E-state index contributed by atoms with van der Waals surface area (Å²) in [6.07, 6.45) is 0.381. The lowest BCUT2D eigenvalue weighted by Gasteiger charge is -2.14. The van der Waals surface area contributed by atoms with Crippen LogP contribution in [-0.4, -0.2) is 22.8 Å². The number of nitrogens with one attached hydrogen (secondary N) is 2. The zero-order valence-electron chi connectivity index (χ0n) is 16.1. The predicted octanol–water partition coefficient (Wildman–Crippen LogP) is 5.25. The van der Waals surface area contributed by atoms with Crippen molar-refractivity contribution in [2.45, 2.75) is 26.3 Å². The summed E-state index contributed by atoms with van der Waals surface area (Å²) in [5.74, 6) is -1.24. The lowest BCUT2D eigenvalue weighted by Crippen LogP contribution is -2.41. The predicted molar refractivity (Wildman–Crippen MR) is 118 cm³/mol. The van der Waals surface area contributed by atoms with E-state index in [4.69, 9.17) is 23.2 Å². The van der Waals surface area contributed by atoms with E-state index in [9.17, 15) is 14.0 Å². The van der Waals surface area contributed by atoms with E-state index in [1.165, 1.54) is 23.5 Å². The van der Waals surface area contributed by atoms with Crippen LogP contribution in [0.5, 0.6) is 0 Å². The van der Waals surface area contributed by atoms with Gasteiger partial charge in [0.05, 0.1) is 21.3 Å². The Morgan fingerprint density at radius 3 is 2.63 bits per heavy atom. The molecular weight excluding hydrogens is 448 g/mol. The minimum atomic E-state index is -0.841. The SMILES string of the molecule is Cc1nc(NC(=O)C(C)NC(=O)c2cccc(Cl)c2Cl)sc1Cc1ccccc1F. The van der Waals surface area contributed by atoms with Crippen molar-refractivity contribution in [3.05, 3.63) is 80.0 Å². The average molecular weight is 466 g/mol. The molecule has 1 unspecified atom stereocenters. The van der Waals surface area contributed by atoms with Crippen molar-refractivity contribution in [2.24, 2.45) is 0 Å². The van der Waals surface area contributed by atoms with Crippen molar-refractivity contribution in [3.63, 3.8) is 0 Å². The molecule has 3 aromatic rings. The number of carbonyl (C=O) groups is 2. The Hall–Kier alpha value is -2.48. The Morgan fingerprint density at radius 1 is 1.17 bits per heavy atom. The van der Waals surface area contributed by atoms with Crippen molar-refractivity contribution in [2.75, 3.05) is 5.32 Å². The summed E-state index contributed by atoms with van der Waals surface area (Å²) in [5, 5.41) is 6.03. The third kappa shape index (κ3) is 5.16. The maximum atomic E-state index is 13.9. The number of benzene rings is 2. The van der Waals surface area contributed by atoms with Gasteiger partial charge in [-0.05, 0) is 37.6 Å². The van der Waals surface area contributed by atoms with Crippen LogP contribution in [0.3, 0.4) is 0 Å². The molecule has 0 aliphatic heterocycles. The molecule has 0 saturated heterocycles. The molecule has 2 amide bonds. The van der Waals surface area contributed by atoms with Gasteiger partial charge in [0.2, 0.25) is 5.91 Å². The molecule has 0 aliphatic carbocycles. The number of amides is 2. The van der Waals surface area contributed by atoms with Gasteiger partial charge < -0.3 is 10.6 Å². The van der Waals surface area contributed by atoms with Crippen LogP contribution in [-0.2, 0) is 11.2 Å². The lowest BCUT2D eigenvalue weighted by molar-refractivity contribution is -0.117. The van der Waals surface area contributed by atoms with Crippen LogP contribution in [0.4, 0.5) is 9.52 Å². The van der Waals surface area contributed by atoms with Crippen LogP contribution in [0.15, 0.2) is 42.5 Å². The maximum Gasteiger partial charge on any atom is 0.253 e. The summed E-state index contributed by atoms with van der Waals surface area (Å²) >= 11 is 13.2. The number of carbonyl (C=O) groups excluding carboxylic acids is 2. The molecule has 2 aromatic carbocycles. The molecule has 5 nitrogen and oxygen atoms in total. The van der Waals surface area contributed by atoms with Crippen LogP contribution in [0.1, 0.15) is 33.4 Å². The quantitative estimate of drug-likeness (QED) is 0.522. The number of hydrogen-bond donors (Lipinski definition) is 2. The Kier molecular flexibility index (Phi) is 7.07. The third-order valence-corrected chi connectivity index (χ3v) is 6.26. The molecule has 2 N–H and O–H groups in total. The fraction of sp³-hybridized carbons (Fsp3) is 0.190. The molecule has 0 radical (unpaired) electrons. The molecule has 1 heterocycles. The van der Waals surface area contributed by atoms with Gasteiger partial charge in [0.25, 0.3) is 5.91 Å². The summed E-state index contributed by atoms with van der Waals surface area (Å²) in [7, 11) is 0. The van der Waals surface area contributed by atoms with Crippen LogP contribution in [0.2, 0.25) is 10.0 Å². The molecule has 3 rings (SSSR count). The van der Waals surface area contributed by atoms with Crippen molar-refractivity contribution < 1.29 is 14.0 Å².